The minimum Gasteiger partial charge on any atom is -0.508 e. The number of fused-ring (bicyclic) bond motifs is 2. The first-order valence-electron chi connectivity index (χ1n) is 11.2. The van der Waals surface area contributed by atoms with Gasteiger partial charge in [0.05, 0.1) is 11.1 Å². The van der Waals surface area contributed by atoms with Crippen LogP contribution in [0.15, 0.2) is 51.7 Å². The molecule has 0 aromatic heterocycles. The zero-order chi connectivity index (χ0) is 26.6. The Labute approximate surface area is 208 Å². The lowest BCUT2D eigenvalue weighted by Crippen LogP contribution is -2.32. The van der Waals surface area contributed by atoms with Gasteiger partial charge in [0.25, 0.3) is 11.8 Å². The van der Waals surface area contributed by atoms with Crippen LogP contribution < -0.4 is 5.43 Å². The van der Waals surface area contributed by atoms with Crippen LogP contribution in [0.3, 0.4) is 0 Å². The number of carboxylic acid groups (broad SMARTS) is 1. The van der Waals surface area contributed by atoms with Crippen molar-refractivity contribution in [2.45, 2.75) is 26.7 Å². The molecule has 2 N–H and O–H groups in total. The Bertz CT molecular complexity index is 1680. The highest BCUT2D eigenvalue weighted by atomic mass is 16.7. The molecule has 5 rings (SSSR count). The van der Waals surface area contributed by atoms with Crippen molar-refractivity contribution in [3.05, 3.63) is 74.9 Å². The van der Waals surface area contributed by atoms with Crippen LogP contribution in [0.4, 0.5) is 0 Å². The number of hydrogen-bond acceptors (Lipinski definition) is 8. The lowest BCUT2D eigenvalue weighted by Gasteiger charge is -2.18. The Morgan fingerprint density at radius 2 is 1.62 bits per heavy atom. The van der Waals surface area contributed by atoms with Gasteiger partial charge in [0.15, 0.2) is 5.43 Å². The zero-order valence-electron chi connectivity index (χ0n) is 19.7. The maximum atomic E-state index is 12.7. The number of benzene rings is 3. The highest BCUT2D eigenvalue weighted by Crippen LogP contribution is 2.43. The summed E-state index contributed by atoms with van der Waals surface area (Å²) in [7, 11) is 0. The third kappa shape index (κ3) is 3.98. The summed E-state index contributed by atoms with van der Waals surface area (Å²) in [6.07, 6.45) is -0.159. The fourth-order valence-corrected chi connectivity index (χ4v) is 4.32. The van der Waals surface area contributed by atoms with E-state index >= 15 is 0 Å². The van der Waals surface area contributed by atoms with E-state index in [0.717, 1.165) is 6.07 Å². The van der Waals surface area contributed by atoms with Gasteiger partial charge >= 0.3 is 11.9 Å². The van der Waals surface area contributed by atoms with Gasteiger partial charge in [-0.25, -0.2) is 9.59 Å². The second kappa shape index (κ2) is 8.59. The van der Waals surface area contributed by atoms with Crippen molar-refractivity contribution < 1.29 is 38.6 Å². The fraction of sp³-hybridized carbons (Fsp3) is 0.148. The second-order valence-corrected chi connectivity index (χ2v) is 8.75. The lowest BCUT2D eigenvalue weighted by molar-refractivity contribution is -0.172. The van der Waals surface area contributed by atoms with Crippen molar-refractivity contribution in [1.82, 2.24) is 5.06 Å². The number of phenolic OH excluding ortho intramolecular Hbond substituents is 1. The summed E-state index contributed by atoms with van der Waals surface area (Å²) < 4.78 is 5.89. The molecule has 10 heteroatoms. The van der Waals surface area contributed by atoms with Crippen LogP contribution in [0.1, 0.15) is 44.7 Å². The molecule has 2 aromatic carbocycles. The topological polar surface area (TPSA) is 151 Å². The Balaban J connectivity index is 1.73. The van der Waals surface area contributed by atoms with Gasteiger partial charge in [0.2, 0.25) is 0 Å². The van der Waals surface area contributed by atoms with E-state index in [4.69, 9.17) is 9.25 Å². The number of carbonyl (C=O) groups is 4. The van der Waals surface area contributed by atoms with Crippen molar-refractivity contribution in [1.29, 1.82) is 0 Å². The Morgan fingerprint density at radius 3 is 2.30 bits per heavy atom. The standard InChI is InChI=1S/C27H19NO9/c1-12-7-17-21(10-19(12)29)36-22-11-20(30)13(2)8-18(22)25(17)15-4-3-14(9-16(15)26(33)34)27(35)37-28-23(31)5-6-24(28)32/h3-4,7-11,29H,5-6H2,1-2H3,(H,33,34). The summed E-state index contributed by atoms with van der Waals surface area (Å²) in [5, 5.41) is 21.1. The Hall–Kier alpha value is -4.99. The third-order valence-electron chi connectivity index (χ3n) is 6.27. The predicted octanol–water partition coefficient (Wildman–Crippen LogP) is 3.81. The molecule has 0 spiro atoms. The molecule has 2 amide bonds. The van der Waals surface area contributed by atoms with E-state index in [1.165, 1.54) is 24.3 Å². The summed E-state index contributed by atoms with van der Waals surface area (Å²) in [6.45, 7) is 3.29. The molecule has 186 valence electrons. The fourth-order valence-electron chi connectivity index (χ4n) is 4.32. The average Bonchev–Trinajstić information content (AvgIpc) is 3.16. The van der Waals surface area contributed by atoms with E-state index in [0.29, 0.717) is 32.7 Å². The first-order valence-corrected chi connectivity index (χ1v) is 11.2. The highest BCUT2D eigenvalue weighted by Gasteiger charge is 2.33. The Morgan fingerprint density at radius 1 is 0.919 bits per heavy atom. The van der Waals surface area contributed by atoms with E-state index < -0.39 is 23.8 Å². The summed E-state index contributed by atoms with van der Waals surface area (Å²) >= 11 is 0. The number of carbonyl (C=O) groups excluding carboxylic acids is 3. The van der Waals surface area contributed by atoms with Gasteiger partial charge in [-0.3, -0.25) is 14.4 Å². The number of carboxylic acids is 1. The van der Waals surface area contributed by atoms with Gasteiger partial charge in [0.1, 0.15) is 17.1 Å². The van der Waals surface area contributed by atoms with Crippen molar-refractivity contribution in [3.63, 3.8) is 0 Å². The summed E-state index contributed by atoms with van der Waals surface area (Å²) in [5.41, 5.74) is 1.51. The number of imide groups is 1. The minimum absolute atomic E-state index is 0.0430. The number of aromatic hydroxyl groups is 1. The van der Waals surface area contributed by atoms with Gasteiger partial charge in [-0.2, -0.15) is 0 Å². The van der Waals surface area contributed by atoms with Crippen LogP contribution >= 0.6 is 0 Å². The number of rotatable bonds is 4. The molecule has 1 saturated heterocycles. The molecule has 1 aliphatic carbocycles. The van der Waals surface area contributed by atoms with Gasteiger partial charge < -0.3 is 19.5 Å². The zero-order valence-corrected chi connectivity index (χ0v) is 19.7. The molecule has 0 bridgehead atoms. The molecule has 2 heterocycles. The molecule has 1 fully saturated rings. The molecule has 0 atom stereocenters. The average molecular weight is 501 g/mol. The smallest absolute Gasteiger partial charge is 0.363 e. The Kier molecular flexibility index (Phi) is 5.51. The quantitative estimate of drug-likeness (QED) is 0.314. The van der Waals surface area contributed by atoms with Crippen molar-refractivity contribution >= 4 is 34.7 Å². The molecule has 10 nitrogen and oxygen atoms in total. The first-order chi connectivity index (χ1) is 17.5. The maximum absolute atomic E-state index is 12.7. The predicted molar refractivity (Wildman–Crippen MR) is 129 cm³/mol. The number of nitrogens with zero attached hydrogens (tertiary/aromatic N) is 1. The number of phenols is 1. The molecule has 0 saturated carbocycles. The van der Waals surface area contributed by atoms with Gasteiger partial charge in [0, 0.05) is 41.5 Å². The van der Waals surface area contributed by atoms with Crippen LogP contribution in [-0.2, 0) is 14.4 Å². The molecule has 2 aromatic rings. The van der Waals surface area contributed by atoms with E-state index in [2.05, 4.69) is 0 Å². The van der Waals surface area contributed by atoms with Gasteiger partial charge in [-0.1, -0.05) is 6.07 Å². The first kappa shape index (κ1) is 23.7. The summed E-state index contributed by atoms with van der Waals surface area (Å²) in [6, 6.07) is 9.73. The molecule has 0 unspecified atom stereocenters. The third-order valence-corrected chi connectivity index (χ3v) is 6.27. The lowest BCUT2D eigenvalue weighted by atomic mass is 9.88. The van der Waals surface area contributed by atoms with Crippen molar-refractivity contribution in [2.24, 2.45) is 0 Å². The van der Waals surface area contributed by atoms with E-state index in [1.807, 2.05) is 0 Å². The molecule has 2 aliphatic heterocycles. The summed E-state index contributed by atoms with van der Waals surface area (Å²) in [5.74, 6) is -3.60. The summed E-state index contributed by atoms with van der Waals surface area (Å²) in [4.78, 5) is 65.9. The van der Waals surface area contributed by atoms with E-state index in [1.54, 1.807) is 26.0 Å². The number of aryl methyl sites for hydroxylation is 2. The SMILES string of the molecule is Cc1cc2c(-c3ccc(C(=O)ON4C(=O)CCC4=O)cc3C(=O)O)c3cc(C)c(=O)cc-3oc2cc1O. The second-order valence-electron chi connectivity index (χ2n) is 8.75. The number of aromatic carboxylic acids is 1. The van der Waals surface area contributed by atoms with Crippen molar-refractivity contribution in [3.8, 4) is 28.2 Å². The number of amides is 2. The monoisotopic (exact) mass is 501 g/mol. The van der Waals surface area contributed by atoms with Crippen LogP contribution in [0.5, 0.6) is 5.75 Å². The molecular formula is C27H19NO9. The molecule has 0 radical (unpaired) electrons. The number of hydroxylamine groups is 2. The van der Waals surface area contributed by atoms with Crippen molar-refractivity contribution in [2.75, 3.05) is 0 Å². The highest BCUT2D eigenvalue weighted by molar-refractivity contribution is 6.09. The maximum Gasteiger partial charge on any atom is 0.363 e. The number of hydrogen-bond donors (Lipinski definition) is 2. The largest absolute Gasteiger partial charge is 0.508 e. The van der Waals surface area contributed by atoms with Crippen LogP contribution in [0.25, 0.3) is 33.4 Å². The molecular weight excluding hydrogens is 482 g/mol. The van der Waals surface area contributed by atoms with Crippen LogP contribution in [0, 0.1) is 13.8 Å². The van der Waals surface area contributed by atoms with E-state index in [-0.39, 0.29) is 52.1 Å². The van der Waals surface area contributed by atoms with E-state index in [9.17, 15) is 34.2 Å². The molecule has 3 aliphatic rings. The van der Waals surface area contributed by atoms with Gasteiger partial charge in [-0.15, -0.1) is 5.06 Å². The minimum atomic E-state index is -1.35. The molecule has 37 heavy (non-hydrogen) atoms. The van der Waals surface area contributed by atoms with Crippen LogP contribution in [0.2, 0.25) is 0 Å². The van der Waals surface area contributed by atoms with Gasteiger partial charge in [-0.05, 0) is 54.8 Å². The van der Waals surface area contributed by atoms with Crippen LogP contribution in [-0.4, -0.2) is 39.0 Å². The normalized spacial score (nSPS) is 13.5.